The topological polar surface area (TPSA) is 90.5 Å². The fraction of sp³-hybridized carbons (Fsp3) is 0.348. The van der Waals surface area contributed by atoms with E-state index >= 15 is 0 Å². The van der Waals surface area contributed by atoms with Crippen molar-refractivity contribution < 1.29 is 41.0 Å². The summed E-state index contributed by atoms with van der Waals surface area (Å²) >= 11 is 7.55. The lowest BCUT2D eigenvalue weighted by Gasteiger charge is -2.33. The van der Waals surface area contributed by atoms with E-state index in [1.165, 1.54) is 24.3 Å². The van der Waals surface area contributed by atoms with E-state index in [2.05, 4.69) is 31.9 Å². The van der Waals surface area contributed by atoms with Gasteiger partial charge in [-0.05, 0) is 65.3 Å². The van der Waals surface area contributed by atoms with Crippen LogP contribution in [0.25, 0.3) is 0 Å². The highest BCUT2D eigenvalue weighted by Crippen LogP contribution is 2.44. The van der Waals surface area contributed by atoms with Crippen LogP contribution in [0.1, 0.15) is 57.5 Å². The summed E-state index contributed by atoms with van der Waals surface area (Å²) in [6.45, 7) is 0. The number of thiocarbonyl (C=S) groups is 1. The number of aromatic carboxylic acids is 1. The molecule has 0 radical (unpaired) electrons. The summed E-state index contributed by atoms with van der Waals surface area (Å²) in [5, 5.41) is 17.1. The fourth-order valence-corrected chi connectivity index (χ4v) is 4.98. The third-order valence-electron chi connectivity index (χ3n) is 5.74. The number of alkyl halides is 6. The monoisotopic (exact) mass is 611 g/mol. The van der Waals surface area contributed by atoms with Gasteiger partial charge in [-0.25, -0.2) is 4.79 Å². The molecule has 0 heterocycles. The molecule has 3 rings (SSSR count). The first-order valence-corrected chi connectivity index (χ1v) is 12.1. The third kappa shape index (κ3) is 7.12. The molecule has 4 N–H and O–H groups in total. The number of halogens is 7. The number of nitrogens with one attached hydrogen (secondary N) is 3. The summed E-state index contributed by atoms with van der Waals surface area (Å²) in [4.78, 5) is 24.2. The predicted octanol–water partition coefficient (Wildman–Crippen LogP) is 6.21. The molecule has 0 aliphatic heterocycles. The largest absolute Gasteiger partial charge is 0.478 e. The zero-order valence-corrected chi connectivity index (χ0v) is 21.2. The van der Waals surface area contributed by atoms with Crippen LogP contribution in [0.2, 0.25) is 0 Å². The maximum Gasteiger partial charge on any atom is 0.417 e. The van der Waals surface area contributed by atoms with Gasteiger partial charge in [0, 0.05) is 22.2 Å². The number of benzene rings is 2. The van der Waals surface area contributed by atoms with E-state index in [-0.39, 0.29) is 16.2 Å². The summed E-state index contributed by atoms with van der Waals surface area (Å²) < 4.78 is 79.0. The number of amides is 1. The average molecular weight is 612 g/mol. The van der Waals surface area contributed by atoms with Crippen molar-refractivity contribution in [1.29, 1.82) is 0 Å². The van der Waals surface area contributed by atoms with E-state index in [0.717, 1.165) is 12.8 Å². The minimum atomic E-state index is -5.06. The molecule has 0 bridgehead atoms. The summed E-state index contributed by atoms with van der Waals surface area (Å²) in [7, 11) is 0. The number of carbonyl (C=O) groups excluding carboxylic acids is 1. The van der Waals surface area contributed by atoms with Crippen molar-refractivity contribution in [2.24, 2.45) is 0 Å². The Morgan fingerprint density at radius 1 is 0.892 bits per heavy atom. The smallest absolute Gasteiger partial charge is 0.417 e. The first-order valence-electron chi connectivity index (χ1n) is 10.9. The van der Waals surface area contributed by atoms with Gasteiger partial charge in [0.1, 0.15) is 0 Å². The second-order valence-electron chi connectivity index (χ2n) is 8.30. The van der Waals surface area contributed by atoms with Crippen LogP contribution in [0.15, 0.2) is 40.9 Å². The van der Waals surface area contributed by atoms with E-state index in [4.69, 9.17) is 12.2 Å². The van der Waals surface area contributed by atoms with Gasteiger partial charge in [-0.1, -0.05) is 25.0 Å². The zero-order valence-electron chi connectivity index (χ0n) is 18.8. The van der Waals surface area contributed by atoms with Crippen molar-refractivity contribution >= 4 is 50.8 Å². The molecule has 1 aliphatic carbocycles. The maximum atomic E-state index is 13.3. The summed E-state index contributed by atoms with van der Waals surface area (Å²) in [6.07, 6.45) is -7.66. The van der Waals surface area contributed by atoms with Crippen LogP contribution in [0.3, 0.4) is 0 Å². The van der Waals surface area contributed by atoms with Crippen LogP contribution in [0.4, 0.5) is 32.0 Å². The van der Waals surface area contributed by atoms with Gasteiger partial charge in [-0.2, -0.15) is 26.3 Å². The van der Waals surface area contributed by atoms with Gasteiger partial charge in [-0.3, -0.25) is 4.79 Å². The highest BCUT2D eigenvalue weighted by atomic mass is 79.9. The fourth-order valence-electron chi connectivity index (χ4n) is 4.03. The SMILES string of the molecule is O=C(O)c1ccccc1C(=O)N[C@@H]1CCCC[C@H]1NC(=S)Nc1cc(C(F)(F)F)c(Br)c(C(F)(F)F)c1. The second-order valence-corrected chi connectivity index (χ2v) is 9.50. The van der Waals surface area contributed by atoms with Crippen molar-refractivity contribution in [3.05, 3.63) is 63.1 Å². The molecule has 14 heteroatoms. The molecular weight excluding hydrogens is 592 g/mol. The van der Waals surface area contributed by atoms with Crippen LogP contribution in [-0.2, 0) is 12.4 Å². The number of hydrogen-bond donors (Lipinski definition) is 4. The first-order chi connectivity index (χ1) is 17.2. The van der Waals surface area contributed by atoms with Crippen LogP contribution >= 0.6 is 28.1 Å². The second kappa shape index (κ2) is 11.3. The lowest BCUT2D eigenvalue weighted by molar-refractivity contribution is -0.144. The van der Waals surface area contributed by atoms with Crippen molar-refractivity contribution in [2.75, 3.05) is 5.32 Å². The van der Waals surface area contributed by atoms with Crippen molar-refractivity contribution in [2.45, 2.75) is 50.1 Å². The average Bonchev–Trinajstić information content (AvgIpc) is 2.79. The van der Waals surface area contributed by atoms with Crippen LogP contribution in [0.5, 0.6) is 0 Å². The van der Waals surface area contributed by atoms with E-state index in [1.54, 1.807) is 0 Å². The van der Waals surface area contributed by atoms with E-state index < -0.39 is 57.6 Å². The van der Waals surface area contributed by atoms with Gasteiger partial charge >= 0.3 is 18.3 Å². The summed E-state index contributed by atoms with van der Waals surface area (Å²) in [5.41, 5.74) is -3.80. The highest BCUT2D eigenvalue weighted by molar-refractivity contribution is 9.10. The lowest BCUT2D eigenvalue weighted by Crippen LogP contribution is -2.54. The Morgan fingerprint density at radius 2 is 1.38 bits per heavy atom. The van der Waals surface area contributed by atoms with E-state index in [0.29, 0.717) is 25.0 Å². The molecule has 1 saturated carbocycles. The van der Waals surface area contributed by atoms with Crippen LogP contribution in [0, 0.1) is 0 Å². The normalized spacial score (nSPS) is 18.1. The molecule has 2 aromatic carbocycles. The first kappa shape index (κ1) is 28.7. The van der Waals surface area contributed by atoms with Crippen LogP contribution in [-0.4, -0.2) is 34.2 Å². The van der Waals surface area contributed by atoms with Gasteiger partial charge in [0.15, 0.2) is 5.11 Å². The molecule has 1 amide bonds. The molecule has 0 saturated heterocycles. The summed E-state index contributed by atoms with van der Waals surface area (Å²) in [6, 6.07) is 5.63. The Hall–Kier alpha value is -2.87. The minimum absolute atomic E-state index is 0.0470. The lowest BCUT2D eigenvalue weighted by atomic mass is 9.90. The molecule has 6 nitrogen and oxygen atoms in total. The van der Waals surface area contributed by atoms with Gasteiger partial charge < -0.3 is 21.1 Å². The number of rotatable bonds is 5. The Balaban J connectivity index is 1.78. The van der Waals surface area contributed by atoms with Gasteiger partial charge in [0.05, 0.1) is 22.3 Å². The molecule has 37 heavy (non-hydrogen) atoms. The zero-order chi connectivity index (χ0) is 27.5. The minimum Gasteiger partial charge on any atom is -0.478 e. The van der Waals surface area contributed by atoms with Crippen molar-refractivity contribution in [1.82, 2.24) is 10.6 Å². The van der Waals surface area contributed by atoms with Gasteiger partial charge in [0.25, 0.3) is 5.91 Å². The number of carboxylic acid groups (broad SMARTS) is 1. The van der Waals surface area contributed by atoms with Crippen molar-refractivity contribution in [3.63, 3.8) is 0 Å². The van der Waals surface area contributed by atoms with Crippen molar-refractivity contribution in [3.8, 4) is 0 Å². The Morgan fingerprint density at radius 3 is 1.86 bits per heavy atom. The number of hydrogen-bond acceptors (Lipinski definition) is 3. The molecule has 0 spiro atoms. The number of carboxylic acids is 1. The molecule has 0 aromatic heterocycles. The molecular formula is C23H20BrF6N3O3S. The van der Waals surface area contributed by atoms with E-state index in [9.17, 15) is 41.0 Å². The molecule has 1 fully saturated rings. The molecule has 2 atom stereocenters. The van der Waals surface area contributed by atoms with Crippen LogP contribution < -0.4 is 16.0 Å². The predicted molar refractivity (Wildman–Crippen MR) is 130 cm³/mol. The molecule has 200 valence electrons. The standard InChI is InChI=1S/C23H20BrF6N3O3S/c24-18-14(22(25,26)27)9-11(10-15(18)23(28,29)30)31-21(37)33-17-8-4-3-7-16(17)32-19(34)12-5-1-2-6-13(12)20(35)36/h1-2,5-6,9-10,16-17H,3-4,7-8H2,(H,32,34)(H,35,36)(H2,31,33,37)/t16-,17-/m1/s1. The molecule has 1 aliphatic rings. The Labute approximate surface area is 220 Å². The number of anilines is 1. The van der Waals surface area contributed by atoms with E-state index in [1.807, 2.05) is 0 Å². The molecule has 2 aromatic rings. The quantitative estimate of drug-likeness (QED) is 0.237. The van der Waals surface area contributed by atoms with Gasteiger partial charge in [-0.15, -0.1) is 0 Å². The number of carbonyl (C=O) groups is 2. The summed E-state index contributed by atoms with van der Waals surface area (Å²) in [5.74, 6) is -1.91. The maximum absolute atomic E-state index is 13.3. The third-order valence-corrected chi connectivity index (χ3v) is 6.82. The Kier molecular flexibility index (Phi) is 8.73. The van der Waals surface area contributed by atoms with Gasteiger partial charge in [0.2, 0.25) is 0 Å². The Bertz CT molecular complexity index is 1170. The molecule has 0 unspecified atom stereocenters. The highest BCUT2D eigenvalue weighted by Gasteiger charge is 2.41.